The van der Waals surface area contributed by atoms with Crippen molar-refractivity contribution >= 4 is 9.84 Å². The third-order valence-corrected chi connectivity index (χ3v) is 7.27. The minimum absolute atomic E-state index is 0.207. The smallest absolute Gasteiger partial charge is 0.381 e. The SMILES string of the molecule is CO[C@H]1CC[C@H](S(=O)(=O)c2ccc(-c3cc(C)nn3C)cc2C(F)(F)F)C1. The van der Waals surface area contributed by atoms with Crippen molar-refractivity contribution in [1.82, 2.24) is 9.78 Å². The van der Waals surface area contributed by atoms with E-state index >= 15 is 0 Å². The molecule has 0 bridgehead atoms. The highest BCUT2D eigenvalue weighted by atomic mass is 32.2. The normalized spacial score (nSPS) is 21.0. The molecule has 0 N–H and O–H groups in total. The Hall–Kier alpha value is -1.87. The van der Waals surface area contributed by atoms with Gasteiger partial charge in [0, 0.05) is 19.7 Å². The number of aryl methyl sites for hydroxylation is 2. The molecule has 27 heavy (non-hydrogen) atoms. The zero-order valence-corrected chi connectivity index (χ0v) is 16.1. The first kappa shape index (κ1) is 19.9. The van der Waals surface area contributed by atoms with E-state index < -0.39 is 31.7 Å². The molecule has 1 aliphatic rings. The Bertz CT molecular complexity index is 951. The monoisotopic (exact) mass is 402 g/mol. The van der Waals surface area contributed by atoms with Gasteiger partial charge in [0.25, 0.3) is 0 Å². The van der Waals surface area contributed by atoms with Crippen LogP contribution in [0.3, 0.4) is 0 Å². The number of benzene rings is 1. The molecule has 1 aliphatic carbocycles. The van der Waals surface area contributed by atoms with Gasteiger partial charge in [-0.1, -0.05) is 6.07 Å². The fourth-order valence-corrected chi connectivity index (χ4v) is 5.63. The minimum atomic E-state index is -4.79. The Morgan fingerprint density at radius 1 is 1.22 bits per heavy atom. The van der Waals surface area contributed by atoms with Crippen LogP contribution in [0.1, 0.15) is 30.5 Å². The van der Waals surface area contributed by atoms with Gasteiger partial charge in [0.05, 0.1) is 33.2 Å². The molecule has 1 saturated carbocycles. The van der Waals surface area contributed by atoms with Crippen LogP contribution in [0, 0.1) is 6.92 Å². The van der Waals surface area contributed by atoms with Crippen LogP contribution in [0.2, 0.25) is 0 Å². The number of sulfone groups is 1. The second-order valence-corrected chi connectivity index (χ2v) is 9.04. The summed E-state index contributed by atoms with van der Waals surface area (Å²) in [4.78, 5) is -0.667. The van der Waals surface area contributed by atoms with Gasteiger partial charge in [-0.2, -0.15) is 18.3 Å². The molecule has 0 aliphatic heterocycles. The molecule has 1 heterocycles. The predicted octanol–water partition coefficient (Wildman–Crippen LogP) is 3.76. The van der Waals surface area contributed by atoms with Gasteiger partial charge in [0.2, 0.25) is 0 Å². The van der Waals surface area contributed by atoms with Gasteiger partial charge in [0.1, 0.15) is 0 Å². The summed E-state index contributed by atoms with van der Waals surface area (Å²) in [5, 5.41) is 3.27. The summed E-state index contributed by atoms with van der Waals surface area (Å²) >= 11 is 0. The summed E-state index contributed by atoms with van der Waals surface area (Å²) in [6.45, 7) is 1.74. The quantitative estimate of drug-likeness (QED) is 0.781. The highest BCUT2D eigenvalue weighted by Gasteiger charge is 2.42. The van der Waals surface area contributed by atoms with Crippen molar-refractivity contribution in [3.05, 3.63) is 35.5 Å². The van der Waals surface area contributed by atoms with Crippen LogP contribution in [0.25, 0.3) is 11.3 Å². The van der Waals surface area contributed by atoms with Crippen LogP contribution in [0.5, 0.6) is 0 Å². The van der Waals surface area contributed by atoms with Gasteiger partial charge in [-0.25, -0.2) is 8.42 Å². The van der Waals surface area contributed by atoms with Crippen LogP contribution >= 0.6 is 0 Å². The van der Waals surface area contributed by atoms with Crippen LogP contribution < -0.4 is 0 Å². The van der Waals surface area contributed by atoms with E-state index in [1.807, 2.05) is 0 Å². The summed E-state index contributed by atoms with van der Waals surface area (Å²) < 4.78 is 73.6. The van der Waals surface area contributed by atoms with Crippen molar-refractivity contribution in [2.75, 3.05) is 7.11 Å². The molecule has 1 aromatic carbocycles. The first-order chi connectivity index (χ1) is 12.5. The van der Waals surface area contributed by atoms with Crippen molar-refractivity contribution in [3.63, 3.8) is 0 Å². The molecule has 9 heteroatoms. The number of nitrogens with zero attached hydrogens (tertiary/aromatic N) is 2. The molecule has 0 amide bonds. The average molecular weight is 402 g/mol. The fraction of sp³-hybridized carbons (Fsp3) is 0.500. The number of halogens is 3. The lowest BCUT2D eigenvalue weighted by Gasteiger charge is -2.18. The van der Waals surface area contributed by atoms with Crippen molar-refractivity contribution in [2.45, 2.75) is 48.6 Å². The number of aromatic nitrogens is 2. The van der Waals surface area contributed by atoms with Crippen molar-refractivity contribution in [1.29, 1.82) is 0 Å². The Kier molecular flexibility index (Phi) is 5.11. The van der Waals surface area contributed by atoms with Crippen molar-refractivity contribution < 1.29 is 26.3 Å². The lowest BCUT2D eigenvalue weighted by molar-refractivity contribution is -0.139. The second-order valence-electron chi connectivity index (χ2n) is 6.84. The van der Waals surface area contributed by atoms with E-state index in [1.165, 1.54) is 17.9 Å². The van der Waals surface area contributed by atoms with E-state index in [-0.39, 0.29) is 18.1 Å². The molecule has 1 aromatic heterocycles. The molecule has 0 radical (unpaired) electrons. The Labute approximate surface area is 156 Å². The van der Waals surface area contributed by atoms with Gasteiger partial charge in [-0.15, -0.1) is 0 Å². The number of methoxy groups -OCH3 is 1. The summed E-state index contributed by atoms with van der Waals surface area (Å²) in [6.07, 6.45) is -4.00. The first-order valence-electron chi connectivity index (χ1n) is 8.53. The molecule has 148 valence electrons. The van der Waals surface area contributed by atoms with Gasteiger partial charge >= 0.3 is 6.18 Å². The summed E-state index contributed by atoms with van der Waals surface area (Å²) in [7, 11) is -1.02. The molecule has 1 fully saturated rings. The number of alkyl halides is 3. The second kappa shape index (κ2) is 6.94. The Morgan fingerprint density at radius 3 is 2.44 bits per heavy atom. The molecule has 2 atom stereocenters. The van der Waals surface area contributed by atoms with E-state index in [0.717, 1.165) is 12.1 Å². The largest absolute Gasteiger partial charge is 0.417 e. The topological polar surface area (TPSA) is 61.2 Å². The van der Waals surface area contributed by atoms with Crippen LogP contribution in [0.15, 0.2) is 29.2 Å². The van der Waals surface area contributed by atoms with Gasteiger partial charge in [-0.05, 0) is 44.4 Å². The summed E-state index contributed by atoms with van der Waals surface area (Å²) in [6, 6.07) is 5.02. The third kappa shape index (κ3) is 3.75. The van der Waals surface area contributed by atoms with Gasteiger partial charge < -0.3 is 4.74 Å². The van der Waals surface area contributed by atoms with E-state index in [2.05, 4.69) is 5.10 Å². The third-order valence-electron chi connectivity index (χ3n) is 5.00. The number of ether oxygens (including phenoxy) is 1. The van der Waals surface area contributed by atoms with Crippen LogP contribution in [0.4, 0.5) is 13.2 Å². The maximum Gasteiger partial charge on any atom is 0.417 e. The molecule has 0 saturated heterocycles. The van der Waals surface area contributed by atoms with E-state index in [0.29, 0.717) is 24.2 Å². The van der Waals surface area contributed by atoms with Gasteiger partial charge in [0.15, 0.2) is 9.84 Å². The fourth-order valence-electron chi connectivity index (χ4n) is 3.62. The van der Waals surface area contributed by atoms with Gasteiger partial charge in [-0.3, -0.25) is 4.68 Å². The molecular weight excluding hydrogens is 381 g/mol. The summed E-state index contributed by atoms with van der Waals surface area (Å²) in [5.41, 5.74) is 0.280. The summed E-state index contributed by atoms with van der Waals surface area (Å²) in [5.74, 6) is 0. The van der Waals surface area contributed by atoms with Crippen LogP contribution in [-0.4, -0.2) is 36.7 Å². The molecule has 0 spiro atoms. The molecule has 0 unspecified atom stereocenters. The molecule has 2 aromatic rings. The zero-order chi connectivity index (χ0) is 20.0. The Balaban J connectivity index is 2.09. The minimum Gasteiger partial charge on any atom is -0.381 e. The highest BCUT2D eigenvalue weighted by molar-refractivity contribution is 7.92. The first-order valence-corrected chi connectivity index (χ1v) is 10.1. The number of rotatable bonds is 4. The van der Waals surface area contributed by atoms with Crippen LogP contribution in [-0.2, 0) is 27.8 Å². The number of hydrogen-bond acceptors (Lipinski definition) is 4. The van der Waals surface area contributed by atoms with E-state index in [1.54, 1.807) is 20.0 Å². The standard InChI is InChI=1S/C18H21F3N2O3S/c1-11-8-16(23(2)22-11)12-4-7-17(15(9-12)18(19,20)21)27(24,25)14-6-5-13(10-14)26-3/h4,7-9,13-14H,5-6,10H2,1-3H3/t13-,14-/m0/s1. The Morgan fingerprint density at radius 2 is 1.93 bits per heavy atom. The van der Waals surface area contributed by atoms with Crippen molar-refractivity contribution in [2.24, 2.45) is 7.05 Å². The molecule has 3 rings (SSSR count). The maximum atomic E-state index is 13.7. The molecule has 5 nitrogen and oxygen atoms in total. The predicted molar refractivity (Wildman–Crippen MR) is 94.0 cm³/mol. The lowest BCUT2D eigenvalue weighted by Crippen LogP contribution is -2.23. The number of hydrogen-bond donors (Lipinski definition) is 0. The lowest BCUT2D eigenvalue weighted by atomic mass is 10.1. The maximum absolute atomic E-state index is 13.7. The van der Waals surface area contributed by atoms with E-state index in [9.17, 15) is 21.6 Å². The highest BCUT2D eigenvalue weighted by Crippen LogP contribution is 2.40. The molecular formula is C18H21F3N2O3S. The van der Waals surface area contributed by atoms with Crippen molar-refractivity contribution in [3.8, 4) is 11.3 Å². The van der Waals surface area contributed by atoms with E-state index in [4.69, 9.17) is 4.74 Å². The average Bonchev–Trinajstić information content (AvgIpc) is 3.20. The zero-order valence-electron chi connectivity index (χ0n) is 15.2.